The van der Waals surface area contributed by atoms with Gasteiger partial charge in [-0.1, -0.05) is 12.1 Å². The minimum atomic E-state index is -3.85. The Kier molecular flexibility index (Phi) is 5.98. The highest BCUT2D eigenvalue weighted by molar-refractivity contribution is 5.44. The molecule has 0 saturated heterocycles. The quantitative estimate of drug-likeness (QED) is 0.391. The summed E-state index contributed by atoms with van der Waals surface area (Å²) in [5.41, 5.74) is -5.35. The number of alkyl halides is 4. The number of ether oxygens (including phenoxy) is 1. The van der Waals surface area contributed by atoms with Crippen LogP contribution in [0.5, 0.6) is 5.75 Å². The van der Waals surface area contributed by atoms with E-state index < -0.39 is 65.2 Å². The first kappa shape index (κ1) is 25.5. The summed E-state index contributed by atoms with van der Waals surface area (Å²) in [6.45, 7) is -1.46. The van der Waals surface area contributed by atoms with E-state index in [4.69, 9.17) is 9.84 Å². The number of benzene rings is 2. The zero-order chi connectivity index (χ0) is 26.6. The van der Waals surface area contributed by atoms with Crippen molar-refractivity contribution in [2.75, 3.05) is 6.61 Å². The second kappa shape index (κ2) is 8.69. The van der Waals surface area contributed by atoms with E-state index in [1.807, 2.05) is 0 Å². The summed E-state index contributed by atoms with van der Waals surface area (Å²) in [5, 5.41) is 30.8. The number of hydrogen-bond donors (Lipinski definition) is 2. The Labute approximate surface area is 206 Å². The van der Waals surface area contributed by atoms with Crippen molar-refractivity contribution in [3.05, 3.63) is 71.6 Å². The van der Waals surface area contributed by atoms with Gasteiger partial charge < -0.3 is 14.9 Å². The van der Waals surface area contributed by atoms with Crippen LogP contribution in [0.4, 0.5) is 26.3 Å². The van der Waals surface area contributed by atoms with Crippen LogP contribution in [0.15, 0.2) is 48.8 Å². The van der Waals surface area contributed by atoms with Gasteiger partial charge in [0.1, 0.15) is 36.4 Å². The number of nitrogens with zero attached hydrogens (tertiary/aromatic N) is 4. The Hall–Kier alpha value is -3.19. The summed E-state index contributed by atoms with van der Waals surface area (Å²) in [7, 11) is 0. The van der Waals surface area contributed by atoms with Gasteiger partial charge in [-0.3, -0.25) is 0 Å². The van der Waals surface area contributed by atoms with Crippen molar-refractivity contribution in [1.29, 1.82) is 0 Å². The Morgan fingerprint density at radius 1 is 1.05 bits per heavy atom. The number of aromatic nitrogens is 4. The van der Waals surface area contributed by atoms with E-state index in [0.29, 0.717) is 6.07 Å². The maximum atomic E-state index is 16.2. The topological polar surface area (TPSA) is 93.3 Å². The van der Waals surface area contributed by atoms with E-state index >= 15 is 8.78 Å². The van der Waals surface area contributed by atoms with Gasteiger partial charge in [-0.2, -0.15) is 0 Å². The number of aliphatic hydroxyl groups excluding tert-OH is 1. The van der Waals surface area contributed by atoms with Gasteiger partial charge in [0.05, 0.1) is 6.54 Å². The van der Waals surface area contributed by atoms with E-state index in [-0.39, 0.29) is 25.0 Å². The second-order valence-corrected chi connectivity index (χ2v) is 9.89. The number of aliphatic hydroxyl groups is 2. The van der Waals surface area contributed by atoms with E-state index in [0.717, 1.165) is 28.7 Å². The maximum Gasteiger partial charge on any atom is 0.287 e. The van der Waals surface area contributed by atoms with Crippen molar-refractivity contribution in [2.24, 2.45) is 5.41 Å². The van der Waals surface area contributed by atoms with Gasteiger partial charge in [-0.25, -0.2) is 31.0 Å². The lowest BCUT2D eigenvalue weighted by Gasteiger charge is -2.74. The van der Waals surface area contributed by atoms with Gasteiger partial charge >= 0.3 is 0 Å². The molecule has 37 heavy (non-hydrogen) atoms. The van der Waals surface area contributed by atoms with Crippen LogP contribution < -0.4 is 4.74 Å². The number of rotatable bonds is 10. The molecule has 6 rings (SSSR count). The van der Waals surface area contributed by atoms with Crippen LogP contribution in [0, 0.1) is 17.0 Å². The second-order valence-electron chi connectivity index (χ2n) is 9.89. The fraction of sp³-hybridized carbons (Fsp3) is 0.458. The van der Waals surface area contributed by atoms with Crippen LogP contribution in [0.1, 0.15) is 30.4 Å². The predicted molar refractivity (Wildman–Crippen MR) is 115 cm³/mol. The lowest BCUT2D eigenvalue weighted by Crippen LogP contribution is -2.76. The zero-order valence-corrected chi connectivity index (χ0v) is 19.2. The summed E-state index contributed by atoms with van der Waals surface area (Å²) in [6, 6.07) is 8.31. The molecule has 0 unspecified atom stereocenters. The predicted octanol–water partition coefficient (Wildman–Crippen LogP) is 3.60. The SMILES string of the molecule is O[C@@H](COc1ccc(C23CC(C(F)(F)[C@](O)(Cn4cnnn4)c4ccc(F)cc4F)(C2)C3)cc1)C(F)F. The van der Waals surface area contributed by atoms with Crippen molar-refractivity contribution >= 4 is 0 Å². The van der Waals surface area contributed by atoms with Gasteiger partial charge in [-0.05, 0) is 64.9 Å². The largest absolute Gasteiger partial charge is 0.491 e. The van der Waals surface area contributed by atoms with Gasteiger partial charge in [0.25, 0.3) is 12.3 Å². The molecule has 3 aromatic rings. The molecule has 0 radical (unpaired) electrons. The van der Waals surface area contributed by atoms with Crippen LogP contribution in [0.3, 0.4) is 0 Å². The molecule has 2 atom stereocenters. The lowest BCUT2D eigenvalue weighted by molar-refractivity contribution is -0.347. The summed E-state index contributed by atoms with van der Waals surface area (Å²) in [4.78, 5) is 0. The number of tetrazole rings is 1. The van der Waals surface area contributed by atoms with Gasteiger partial charge in [0.2, 0.25) is 0 Å². The van der Waals surface area contributed by atoms with E-state index in [9.17, 15) is 22.7 Å². The molecule has 2 N–H and O–H groups in total. The molecule has 1 aromatic heterocycles. The van der Waals surface area contributed by atoms with Gasteiger partial charge in [0, 0.05) is 17.0 Å². The molecule has 1 heterocycles. The molecule has 3 aliphatic rings. The highest BCUT2D eigenvalue weighted by Crippen LogP contribution is 2.80. The fourth-order valence-electron chi connectivity index (χ4n) is 5.69. The van der Waals surface area contributed by atoms with Gasteiger partial charge in [-0.15, -0.1) is 5.10 Å². The minimum absolute atomic E-state index is 0.00195. The average Bonchev–Trinajstić information content (AvgIpc) is 3.28. The van der Waals surface area contributed by atoms with E-state index in [1.165, 1.54) is 12.1 Å². The van der Waals surface area contributed by atoms with Crippen molar-refractivity contribution in [1.82, 2.24) is 20.2 Å². The highest BCUT2D eigenvalue weighted by Gasteiger charge is 2.82. The standard InChI is InChI=1S/C24H22F6N4O3/c25-15-3-6-17(18(26)7-15)23(36,12-34-13-31-32-33-34)24(29,30)22-9-21(10-22,11-22)14-1-4-16(5-2-14)37-8-19(35)20(27)28/h1-7,13,19-20,35-36H,8-12H2/t19-,21?,22?,23-/m0/s1. The molecular weight excluding hydrogens is 506 g/mol. The highest BCUT2D eigenvalue weighted by atomic mass is 19.3. The maximum absolute atomic E-state index is 16.2. The molecule has 0 spiro atoms. The molecule has 3 fully saturated rings. The van der Waals surface area contributed by atoms with Crippen LogP contribution in [-0.2, 0) is 17.6 Å². The summed E-state index contributed by atoms with van der Waals surface area (Å²) >= 11 is 0. The smallest absolute Gasteiger partial charge is 0.287 e. The molecule has 3 saturated carbocycles. The molecular formula is C24H22F6N4O3. The molecule has 13 heteroatoms. The summed E-state index contributed by atoms with van der Waals surface area (Å²) in [5.74, 6) is -5.90. The molecule has 7 nitrogen and oxygen atoms in total. The first-order chi connectivity index (χ1) is 17.4. The first-order valence-corrected chi connectivity index (χ1v) is 11.4. The lowest BCUT2D eigenvalue weighted by atomic mass is 9.30. The average molecular weight is 528 g/mol. The Morgan fingerprint density at radius 3 is 2.30 bits per heavy atom. The molecule has 0 aliphatic heterocycles. The van der Waals surface area contributed by atoms with Crippen LogP contribution in [0.2, 0.25) is 0 Å². The van der Waals surface area contributed by atoms with E-state index in [2.05, 4.69) is 15.5 Å². The Balaban J connectivity index is 1.36. The molecule has 198 valence electrons. The molecule has 3 aliphatic carbocycles. The van der Waals surface area contributed by atoms with Crippen LogP contribution in [0.25, 0.3) is 0 Å². The molecule has 2 aromatic carbocycles. The fourth-order valence-corrected chi connectivity index (χ4v) is 5.69. The molecule has 2 bridgehead atoms. The van der Waals surface area contributed by atoms with Gasteiger partial charge in [0.15, 0.2) is 5.60 Å². The van der Waals surface area contributed by atoms with Crippen molar-refractivity contribution in [2.45, 2.75) is 55.3 Å². The number of hydrogen-bond acceptors (Lipinski definition) is 6. The Morgan fingerprint density at radius 2 is 1.73 bits per heavy atom. The summed E-state index contributed by atoms with van der Waals surface area (Å²) < 4.78 is 91.4. The van der Waals surface area contributed by atoms with Crippen molar-refractivity contribution in [3.8, 4) is 5.75 Å². The third kappa shape index (κ3) is 3.95. The monoisotopic (exact) mass is 528 g/mol. The number of halogens is 6. The normalized spacial score (nSPS) is 25.2. The Bertz CT molecular complexity index is 1250. The first-order valence-electron chi connectivity index (χ1n) is 11.4. The van der Waals surface area contributed by atoms with Crippen LogP contribution >= 0.6 is 0 Å². The summed E-state index contributed by atoms with van der Waals surface area (Å²) in [6.07, 6.45) is -3.87. The van der Waals surface area contributed by atoms with E-state index in [1.54, 1.807) is 12.1 Å². The van der Waals surface area contributed by atoms with Crippen molar-refractivity contribution < 1.29 is 41.3 Å². The third-order valence-electron chi connectivity index (χ3n) is 7.55. The molecule has 0 amide bonds. The minimum Gasteiger partial charge on any atom is -0.491 e. The van der Waals surface area contributed by atoms with Crippen LogP contribution in [-0.4, -0.2) is 55.5 Å². The van der Waals surface area contributed by atoms with Crippen molar-refractivity contribution in [3.63, 3.8) is 0 Å². The zero-order valence-electron chi connectivity index (χ0n) is 19.2. The third-order valence-corrected chi connectivity index (χ3v) is 7.55.